The van der Waals surface area contributed by atoms with Crippen LogP contribution in [-0.2, 0) is 16.3 Å². The predicted octanol–water partition coefficient (Wildman–Crippen LogP) is 4.35. The summed E-state index contributed by atoms with van der Waals surface area (Å²) in [6.07, 6.45) is 6.13. The second-order valence-electron chi connectivity index (χ2n) is 6.27. The van der Waals surface area contributed by atoms with Crippen molar-refractivity contribution in [2.75, 3.05) is 0 Å². The summed E-state index contributed by atoms with van der Waals surface area (Å²) in [6, 6.07) is 10.7. The molecule has 0 aliphatic carbocycles. The highest BCUT2D eigenvalue weighted by atomic mass is 32.2. The third-order valence-electron chi connectivity index (χ3n) is 4.81. The normalized spacial score (nSPS) is 15.3. The number of para-hydroxylation sites is 1. The molecule has 1 aliphatic rings. The van der Waals surface area contributed by atoms with Crippen LogP contribution in [0.15, 0.2) is 69.5 Å². The number of aliphatic imine (C=N–C) groups is 1. The standard InChI is InChI=1S/C21H19N3O2S/c1-4-14(11-12-22-3)15-9-10-18-17(13-15)24-20(5-2)23-16-7-6-8-19(21(16)24)27(18,25)26/h4,6-13H,3,5H2,1-2H3/b12-11-,14-4+. The number of imidazole rings is 1. The molecular weight excluding hydrogens is 358 g/mol. The van der Waals surface area contributed by atoms with Crippen molar-refractivity contribution in [1.82, 2.24) is 9.55 Å². The Balaban J connectivity index is 2.09. The Labute approximate surface area is 158 Å². The van der Waals surface area contributed by atoms with Crippen LogP contribution in [0.4, 0.5) is 0 Å². The van der Waals surface area contributed by atoms with Crippen molar-refractivity contribution >= 4 is 33.2 Å². The van der Waals surface area contributed by atoms with Crippen LogP contribution in [-0.4, -0.2) is 24.7 Å². The lowest BCUT2D eigenvalue weighted by molar-refractivity contribution is 0.594. The van der Waals surface area contributed by atoms with Crippen LogP contribution in [0.1, 0.15) is 25.2 Å². The third-order valence-corrected chi connectivity index (χ3v) is 6.64. The highest BCUT2D eigenvalue weighted by molar-refractivity contribution is 7.92. The summed E-state index contributed by atoms with van der Waals surface area (Å²) >= 11 is 0. The monoisotopic (exact) mass is 377 g/mol. The largest absolute Gasteiger partial charge is 0.294 e. The first-order valence-corrected chi connectivity index (χ1v) is 10.2. The highest BCUT2D eigenvalue weighted by Crippen LogP contribution is 2.40. The van der Waals surface area contributed by atoms with Crippen molar-refractivity contribution in [2.45, 2.75) is 30.1 Å². The number of hydrogen-bond donors (Lipinski definition) is 0. The maximum absolute atomic E-state index is 13.2. The molecule has 0 saturated heterocycles. The summed E-state index contributed by atoms with van der Waals surface area (Å²) in [5, 5.41) is 0. The number of allylic oxidation sites excluding steroid dienone is 3. The van der Waals surface area contributed by atoms with E-state index in [1.165, 1.54) is 0 Å². The summed E-state index contributed by atoms with van der Waals surface area (Å²) in [4.78, 5) is 9.04. The Morgan fingerprint density at radius 3 is 2.78 bits per heavy atom. The van der Waals surface area contributed by atoms with Crippen LogP contribution in [0.2, 0.25) is 0 Å². The van der Waals surface area contributed by atoms with Gasteiger partial charge in [0.2, 0.25) is 9.84 Å². The highest BCUT2D eigenvalue weighted by Gasteiger charge is 2.33. The Morgan fingerprint density at radius 1 is 1.26 bits per heavy atom. The van der Waals surface area contributed by atoms with E-state index in [4.69, 9.17) is 0 Å². The average molecular weight is 377 g/mol. The van der Waals surface area contributed by atoms with Gasteiger partial charge in [-0.1, -0.05) is 25.1 Å². The van der Waals surface area contributed by atoms with Gasteiger partial charge >= 0.3 is 0 Å². The maximum Gasteiger partial charge on any atom is 0.210 e. The maximum atomic E-state index is 13.2. The summed E-state index contributed by atoms with van der Waals surface area (Å²) in [6.45, 7) is 7.41. The molecule has 5 nitrogen and oxygen atoms in total. The molecule has 4 rings (SSSR count). The van der Waals surface area contributed by atoms with Crippen LogP contribution in [0.3, 0.4) is 0 Å². The minimum Gasteiger partial charge on any atom is -0.294 e. The molecule has 1 aromatic heterocycles. The van der Waals surface area contributed by atoms with Crippen LogP contribution in [0, 0.1) is 0 Å². The number of nitrogens with zero attached hydrogens (tertiary/aromatic N) is 3. The molecule has 0 radical (unpaired) electrons. The van der Waals surface area contributed by atoms with Gasteiger partial charge < -0.3 is 0 Å². The molecule has 0 saturated carbocycles. The van der Waals surface area contributed by atoms with Crippen molar-refractivity contribution in [3.05, 3.63) is 66.1 Å². The molecule has 3 aromatic rings. The van der Waals surface area contributed by atoms with Gasteiger partial charge in [-0.25, -0.2) is 13.4 Å². The lowest BCUT2D eigenvalue weighted by Gasteiger charge is -2.21. The van der Waals surface area contributed by atoms with Gasteiger partial charge in [0.15, 0.2) is 0 Å². The summed E-state index contributed by atoms with van der Waals surface area (Å²) in [5.74, 6) is 0.844. The first-order valence-electron chi connectivity index (χ1n) is 8.71. The van der Waals surface area contributed by atoms with Crippen LogP contribution in [0.5, 0.6) is 0 Å². The number of aromatic nitrogens is 2. The third kappa shape index (κ3) is 2.48. The van der Waals surface area contributed by atoms with Gasteiger partial charge in [-0.3, -0.25) is 9.56 Å². The molecule has 1 aliphatic heterocycles. The zero-order chi connectivity index (χ0) is 19.2. The van der Waals surface area contributed by atoms with E-state index in [1.54, 1.807) is 24.4 Å². The van der Waals surface area contributed by atoms with E-state index in [2.05, 4.69) is 16.7 Å². The molecule has 2 heterocycles. The second kappa shape index (κ2) is 6.32. The predicted molar refractivity (Wildman–Crippen MR) is 108 cm³/mol. The number of sulfone groups is 1. The number of rotatable bonds is 4. The molecule has 0 amide bonds. The van der Waals surface area contributed by atoms with Gasteiger partial charge in [0, 0.05) is 12.6 Å². The minimum absolute atomic E-state index is 0.306. The quantitative estimate of drug-likeness (QED) is 0.392. The molecule has 0 unspecified atom stereocenters. The zero-order valence-electron chi connectivity index (χ0n) is 15.2. The molecule has 136 valence electrons. The Hall–Kier alpha value is -2.99. The van der Waals surface area contributed by atoms with Crippen LogP contribution in [0.25, 0.3) is 22.3 Å². The first-order chi connectivity index (χ1) is 13.0. The van der Waals surface area contributed by atoms with Crippen molar-refractivity contribution in [3.63, 3.8) is 0 Å². The fraction of sp³-hybridized carbons (Fsp3) is 0.143. The van der Waals surface area contributed by atoms with Crippen LogP contribution >= 0.6 is 0 Å². The number of benzene rings is 2. The van der Waals surface area contributed by atoms with Gasteiger partial charge in [-0.05, 0) is 55.1 Å². The van der Waals surface area contributed by atoms with Crippen molar-refractivity contribution in [3.8, 4) is 5.69 Å². The van der Waals surface area contributed by atoms with E-state index in [0.717, 1.165) is 17.0 Å². The Kier molecular flexibility index (Phi) is 4.08. The first kappa shape index (κ1) is 17.4. The van der Waals surface area contributed by atoms with Gasteiger partial charge in [0.1, 0.15) is 5.82 Å². The lowest BCUT2D eigenvalue weighted by Crippen LogP contribution is -2.16. The van der Waals surface area contributed by atoms with E-state index in [-0.39, 0.29) is 0 Å². The molecule has 0 fully saturated rings. The van der Waals surface area contributed by atoms with Gasteiger partial charge in [0.05, 0.1) is 26.5 Å². The summed E-state index contributed by atoms with van der Waals surface area (Å²) in [7, 11) is -3.60. The second-order valence-corrected chi connectivity index (χ2v) is 8.16. The van der Waals surface area contributed by atoms with Crippen molar-refractivity contribution < 1.29 is 8.42 Å². The molecular formula is C21H19N3O2S. The van der Waals surface area contributed by atoms with Gasteiger partial charge in [-0.15, -0.1) is 0 Å². The topological polar surface area (TPSA) is 64.3 Å². The Bertz CT molecular complexity index is 1250. The summed E-state index contributed by atoms with van der Waals surface area (Å²) in [5.41, 5.74) is 3.85. The van der Waals surface area contributed by atoms with Gasteiger partial charge in [-0.2, -0.15) is 0 Å². The Morgan fingerprint density at radius 2 is 2.07 bits per heavy atom. The smallest absolute Gasteiger partial charge is 0.210 e. The van der Waals surface area contributed by atoms with Crippen molar-refractivity contribution in [2.24, 2.45) is 4.99 Å². The molecule has 2 aromatic carbocycles. The van der Waals surface area contributed by atoms with E-state index in [1.807, 2.05) is 48.8 Å². The van der Waals surface area contributed by atoms with Gasteiger partial charge in [0.25, 0.3) is 0 Å². The molecule has 0 spiro atoms. The zero-order valence-corrected chi connectivity index (χ0v) is 16.0. The lowest BCUT2D eigenvalue weighted by atomic mass is 10.0. The van der Waals surface area contributed by atoms with E-state index >= 15 is 0 Å². The number of hydrogen-bond acceptors (Lipinski definition) is 4. The minimum atomic E-state index is -3.60. The van der Waals surface area contributed by atoms with E-state index in [0.29, 0.717) is 32.9 Å². The number of aryl methyl sites for hydroxylation is 1. The molecule has 6 heteroatoms. The molecule has 0 N–H and O–H groups in total. The molecule has 27 heavy (non-hydrogen) atoms. The van der Waals surface area contributed by atoms with Crippen LogP contribution < -0.4 is 0 Å². The number of fused-ring (bicyclic) bond motifs is 2. The average Bonchev–Trinajstić information content (AvgIpc) is 3.06. The fourth-order valence-corrected chi connectivity index (χ4v) is 5.18. The fourth-order valence-electron chi connectivity index (χ4n) is 3.57. The SMILES string of the molecule is C=N/C=C\C(=C/C)c1ccc2c(c1)-n1c(CC)nc3cccc(c31)S2(=O)=O. The molecule has 0 bridgehead atoms. The van der Waals surface area contributed by atoms with E-state index < -0.39 is 9.84 Å². The molecule has 0 atom stereocenters. The summed E-state index contributed by atoms with van der Waals surface area (Å²) < 4.78 is 28.4. The van der Waals surface area contributed by atoms with E-state index in [9.17, 15) is 8.42 Å². The van der Waals surface area contributed by atoms with Crippen molar-refractivity contribution in [1.29, 1.82) is 0 Å².